The lowest BCUT2D eigenvalue weighted by molar-refractivity contribution is 0.0963. The molecule has 1 aromatic rings. The van der Waals surface area contributed by atoms with Crippen molar-refractivity contribution in [3.05, 3.63) is 35.4 Å². The average Bonchev–Trinajstić information content (AvgIpc) is 3.38. The molecule has 6 nitrogen and oxygen atoms in total. The van der Waals surface area contributed by atoms with Crippen LogP contribution in [0, 0.1) is 0 Å². The highest BCUT2D eigenvalue weighted by atomic mass is 16.1. The first-order chi connectivity index (χ1) is 13.2. The predicted octanol–water partition coefficient (Wildman–Crippen LogP) is 1.77. The third-order valence-corrected chi connectivity index (χ3v) is 5.75. The predicted molar refractivity (Wildman–Crippen MR) is 110 cm³/mol. The summed E-state index contributed by atoms with van der Waals surface area (Å²) in [6.45, 7) is 3.11. The molecule has 3 N–H and O–H groups in total. The molecule has 0 radical (unpaired) electrons. The number of carbonyl (C=O) groups excluding carboxylic acids is 1. The third-order valence-electron chi connectivity index (χ3n) is 5.75. The van der Waals surface area contributed by atoms with Crippen LogP contribution >= 0.6 is 0 Å². The van der Waals surface area contributed by atoms with E-state index in [0.29, 0.717) is 11.6 Å². The summed E-state index contributed by atoms with van der Waals surface area (Å²) in [4.78, 5) is 18.8. The standard InChI is InChI=1S/C21H33N5O/c1-22-20(27)17-7-5-6-16(14-17)10-12-24-21(23-2)25-18-11-13-26(15-18)19-8-3-4-9-19/h5-7,14,18-19H,3-4,8-13,15H2,1-2H3,(H,22,27)(H2,23,24,25). The maximum absolute atomic E-state index is 11.7. The van der Waals surface area contributed by atoms with Crippen LogP contribution in [0.1, 0.15) is 48.0 Å². The molecule has 2 fully saturated rings. The van der Waals surface area contributed by atoms with E-state index in [1.165, 1.54) is 38.6 Å². The van der Waals surface area contributed by atoms with Gasteiger partial charge in [-0.15, -0.1) is 0 Å². The second-order valence-electron chi connectivity index (χ2n) is 7.59. The fourth-order valence-corrected chi connectivity index (χ4v) is 4.23. The molecule has 1 aliphatic heterocycles. The highest BCUT2D eigenvalue weighted by Gasteiger charge is 2.30. The van der Waals surface area contributed by atoms with E-state index in [-0.39, 0.29) is 5.91 Å². The van der Waals surface area contributed by atoms with Crippen molar-refractivity contribution >= 4 is 11.9 Å². The van der Waals surface area contributed by atoms with Crippen LogP contribution in [-0.2, 0) is 6.42 Å². The Morgan fingerprint density at radius 3 is 2.81 bits per heavy atom. The van der Waals surface area contributed by atoms with Gasteiger partial charge in [0.05, 0.1) is 0 Å². The van der Waals surface area contributed by atoms with Gasteiger partial charge in [0.2, 0.25) is 0 Å². The molecule has 1 aliphatic carbocycles. The van der Waals surface area contributed by atoms with Gasteiger partial charge in [-0.2, -0.15) is 0 Å². The first kappa shape index (κ1) is 19.7. The molecule has 3 rings (SSSR count). The Hall–Kier alpha value is -2.08. The average molecular weight is 372 g/mol. The molecule has 0 aromatic heterocycles. The monoisotopic (exact) mass is 371 g/mol. The molecule has 1 atom stereocenters. The Bertz CT molecular complexity index is 654. The van der Waals surface area contributed by atoms with E-state index in [1.54, 1.807) is 7.05 Å². The molecule has 6 heteroatoms. The van der Waals surface area contributed by atoms with Crippen LogP contribution in [0.5, 0.6) is 0 Å². The number of hydrogen-bond donors (Lipinski definition) is 3. The largest absolute Gasteiger partial charge is 0.356 e. The van der Waals surface area contributed by atoms with E-state index in [9.17, 15) is 4.79 Å². The Balaban J connectivity index is 1.42. The smallest absolute Gasteiger partial charge is 0.251 e. The Labute approximate surface area is 162 Å². The minimum absolute atomic E-state index is 0.0460. The number of amides is 1. The van der Waals surface area contributed by atoms with Crippen molar-refractivity contribution in [1.29, 1.82) is 0 Å². The van der Waals surface area contributed by atoms with E-state index in [2.05, 4.69) is 31.9 Å². The molecule has 1 amide bonds. The summed E-state index contributed by atoms with van der Waals surface area (Å²) in [6, 6.07) is 9.07. The maximum Gasteiger partial charge on any atom is 0.251 e. The summed E-state index contributed by atoms with van der Waals surface area (Å²) in [5.41, 5.74) is 1.85. The van der Waals surface area contributed by atoms with Gasteiger partial charge in [0.25, 0.3) is 5.91 Å². The zero-order valence-electron chi connectivity index (χ0n) is 16.6. The van der Waals surface area contributed by atoms with E-state index in [4.69, 9.17) is 0 Å². The van der Waals surface area contributed by atoms with Crippen LogP contribution in [0.3, 0.4) is 0 Å². The lowest BCUT2D eigenvalue weighted by atomic mass is 10.1. The lowest BCUT2D eigenvalue weighted by Crippen LogP contribution is -2.45. The minimum Gasteiger partial charge on any atom is -0.356 e. The van der Waals surface area contributed by atoms with Gasteiger partial charge in [-0.05, 0) is 43.4 Å². The molecule has 148 valence electrons. The molecule has 1 heterocycles. The van der Waals surface area contributed by atoms with Crippen molar-refractivity contribution in [2.75, 3.05) is 33.7 Å². The van der Waals surface area contributed by atoms with E-state index in [1.807, 2.05) is 25.2 Å². The van der Waals surface area contributed by atoms with Crippen LogP contribution in [0.25, 0.3) is 0 Å². The lowest BCUT2D eigenvalue weighted by Gasteiger charge is -2.24. The zero-order chi connectivity index (χ0) is 19.1. The van der Waals surface area contributed by atoms with E-state index < -0.39 is 0 Å². The van der Waals surface area contributed by atoms with Gasteiger partial charge in [-0.3, -0.25) is 14.7 Å². The number of benzene rings is 1. The molecule has 1 unspecified atom stereocenters. The summed E-state index contributed by atoms with van der Waals surface area (Å²) >= 11 is 0. The number of aliphatic imine (C=N–C) groups is 1. The highest BCUT2D eigenvalue weighted by molar-refractivity contribution is 5.94. The first-order valence-corrected chi connectivity index (χ1v) is 10.2. The summed E-state index contributed by atoms with van der Waals surface area (Å²) in [6.07, 6.45) is 7.56. The Morgan fingerprint density at radius 1 is 1.26 bits per heavy atom. The summed E-state index contributed by atoms with van der Waals surface area (Å²) in [7, 11) is 3.48. The van der Waals surface area contributed by atoms with Crippen LogP contribution in [0.15, 0.2) is 29.3 Å². The molecule has 27 heavy (non-hydrogen) atoms. The van der Waals surface area contributed by atoms with Gasteiger partial charge >= 0.3 is 0 Å². The fourth-order valence-electron chi connectivity index (χ4n) is 4.23. The molecule has 0 bridgehead atoms. The zero-order valence-corrected chi connectivity index (χ0v) is 16.6. The Kier molecular flexibility index (Phi) is 7.10. The molecule has 2 aliphatic rings. The van der Waals surface area contributed by atoms with Gasteiger partial charge in [-0.25, -0.2) is 0 Å². The van der Waals surface area contributed by atoms with E-state index >= 15 is 0 Å². The first-order valence-electron chi connectivity index (χ1n) is 10.2. The summed E-state index contributed by atoms with van der Waals surface area (Å²) in [5.74, 6) is 0.825. The molecular formula is C21H33N5O. The van der Waals surface area contributed by atoms with Gasteiger partial charge in [-0.1, -0.05) is 25.0 Å². The molecule has 1 aromatic carbocycles. The topological polar surface area (TPSA) is 68.8 Å². The van der Waals surface area contributed by atoms with Gasteiger partial charge in [0.1, 0.15) is 0 Å². The van der Waals surface area contributed by atoms with Crippen LogP contribution in [0.4, 0.5) is 0 Å². The second kappa shape index (κ2) is 9.74. The van der Waals surface area contributed by atoms with Crippen molar-refractivity contribution < 1.29 is 4.79 Å². The third kappa shape index (κ3) is 5.45. The number of likely N-dealkylation sites (tertiary alicyclic amines) is 1. The van der Waals surface area contributed by atoms with Crippen molar-refractivity contribution in [3.63, 3.8) is 0 Å². The fraction of sp³-hybridized carbons (Fsp3) is 0.619. The number of carbonyl (C=O) groups is 1. The maximum atomic E-state index is 11.7. The molecule has 0 spiro atoms. The number of nitrogens with one attached hydrogen (secondary N) is 3. The Morgan fingerprint density at radius 2 is 2.07 bits per heavy atom. The van der Waals surface area contributed by atoms with Crippen LogP contribution in [-0.4, -0.2) is 62.6 Å². The van der Waals surface area contributed by atoms with Crippen molar-refractivity contribution in [2.45, 2.75) is 50.6 Å². The van der Waals surface area contributed by atoms with Crippen LogP contribution < -0.4 is 16.0 Å². The second-order valence-corrected chi connectivity index (χ2v) is 7.59. The number of hydrogen-bond acceptors (Lipinski definition) is 3. The molecular weight excluding hydrogens is 338 g/mol. The number of rotatable bonds is 6. The molecule has 1 saturated carbocycles. The SMILES string of the molecule is CN=C(NCCc1cccc(C(=O)NC)c1)NC1CCN(C2CCCC2)C1. The van der Waals surface area contributed by atoms with Gasteiger partial charge < -0.3 is 16.0 Å². The molecule has 1 saturated heterocycles. The van der Waals surface area contributed by atoms with Crippen molar-refractivity contribution in [3.8, 4) is 0 Å². The van der Waals surface area contributed by atoms with Gasteiger partial charge in [0, 0.05) is 51.4 Å². The van der Waals surface area contributed by atoms with Crippen LogP contribution in [0.2, 0.25) is 0 Å². The number of guanidine groups is 1. The highest BCUT2D eigenvalue weighted by Crippen LogP contribution is 2.26. The van der Waals surface area contributed by atoms with E-state index in [0.717, 1.165) is 37.1 Å². The summed E-state index contributed by atoms with van der Waals surface area (Å²) in [5, 5.41) is 9.66. The summed E-state index contributed by atoms with van der Waals surface area (Å²) < 4.78 is 0. The van der Waals surface area contributed by atoms with Crippen molar-refractivity contribution in [2.24, 2.45) is 4.99 Å². The minimum atomic E-state index is -0.0460. The number of nitrogens with zero attached hydrogens (tertiary/aromatic N) is 2. The van der Waals surface area contributed by atoms with Gasteiger partial charge in [0.15, 0.2) is 5.96 Å². The quantitative estimate of drug-likeness (QED) is 0.527. The normalized spacial score (nSPS) is 21.4. The van der Waals surface area contributed by atoms with Crippen molar-refractivity contribution in [1.82, 2.24) is 20.9 Å².